The van der Waals surface area contributed by atoms with Gasteiger partial charge < -0.3 is 14.8 Å². The highest BCUT2D eigenvalue weighted by Crippen LogP contribution is 2.43. The first kappa shape index (κ1) is 25.5. The lowest BCUT2D eigenvalue weighted by atomic mass is 9.91. The topological polar surface area (TPSA) is 80.3 Å². The number of alkyl halides is 3. The Labute approximate surface area is 214 Å². The Kier molecular flexibility index (Phi) is 6.22. The lowest BCUT2D eigenvalue weighted by Crippen LogP contribution is -2.45. The quantitative estimate of drug-likeness (QED) is 0.250. The molecule has 0 bridgehead atoms. The molecule has 196 valence electrons. The number of benzene rings is 3. The standard InChI is InChI=1S/C28H23F4N3O3/c1-2-21(26(36)37)23-15-34(25-6-4-3-5-22(23)25)16-27(38,28(30,31)32)18-7-12-24-17(13-18)14-33-35(24)20-10-8-19(29)9-11-20/h3-15,21,38H,2,16H2,1H3,(H,36,37). The number of para-hydroxylation sites is 1. The van der Waals surface area contributed by atoms with E-state index in [0.717, 1.165) is 0 Å². The molecule has 0 aliphatic carbocycles. The number of hydrogen-bond donors (Lipinski definition) is 2. The van der Waals surface area contributed by atoms with E-state index in [0.29, 0.717) is 33.1 Å². The first-order valence-electron chi connectivity index (χ1n) is 11.9. The summed E-state index contributed by atoms with van der Waals surface area (Å²) in [6.07, 6.45) is -2.05. The van der Waals surface area contributed by atoms with Crippen molar-refractivity contribution in [2.75, 3.05) is 0 Å². The third-order valence-corrected chi connectivity index (χ3v) is 6.89. The second-order valence-corrected chi connectivity index (χ2v) is 9.19. The maximum absolute atomic E-state index is 14.5. The minimum Gasteiger partial charge on any atom is -0.481 e. The fourth-order valence-corrected chi connectivity index (χ4v) is 4.88. The molecule has 2 N–H and O–H groups in total. The average Bonchev–Trinajstić information content (AvgIpc) is 3.46. The average molecular weight is 526 g/mol. The highest BCUT2D eigenvalue weighted by Gasteiger charge is 2.55. The second-order valence-electron chi connectivity index (χ2n) is 9.19. The van der Waals surface area contributed by atoms with Crippen molar-refractivity contribution in [3.63, 3.8) is 0 Å². The third-order valence-electron chi connectivity index (χ3n) is 6.89. The van der Waals surface area contributed by atoms with E-state index in [1.807, 2.05) is 0 Å². The summed E-state index contributed by atoms with van der Waals surface area (Å²) in [5.74, 6) is -2.42. The van der Waals surface area contributed by atoms with E-state index < -0.39 is 36.0 Å². The molecule has 5 rings (SSSR count). The Bertz CT molecular complexity index is 1640. The summed E-state index contributed by atoms with van der Waals surface area (Å²) in [7, 11) is 0. The molecule has 0 radical (unpaired) electrons. The zero-order chi connectivity index (χ0) is 27.2. The maximum Gasteiger partial charge on any atom is 0.423 e. The van der Waals surface area contributed by atoms with E-state index in [1.54, 1.807) is 31.2 Å². The van der Waals surface area contributed by atoms with Gasteiger partial charge in [0.15, 0.2) is 0 Å². The van der Waals surface area contributed by atoms with Gasteiger partial charge >= 0.3 is 12.1 Å². The molecular weight excluding hydrogens is 502 g/mol. The fraction of sp³-hybridized carbons (Fsp3) is 0.214. The Morgan fingerprint density at radius 3 is 2.39 bits per heavy atom. The molecule has 0 amide bonds. The first-order valence-corrected chi connectivity index (χ1v) is 11.9. The number of carboxylic acids is 1. The molecule has 0 aliphatic heterocycles. The predicted octanol–water partition coefficient (Wildman–Crippen LogP) is 6.15. The number of rotatable bonds is 7. The minimum atomic E-state index is -5.06. The van der Waals surface area contributed by atoms with E-state index in [4.69, 9.17) is 0 Å². The number of nitrogens with zero attached hydrogens (tertiary/aromatic N) is 3. The molecule has 2 aromatic heterocycles. The van der Waals surface area contributed by atoms with Gasteiger partial charge in [0.25, 0.3) is 0 Å². The molecule has 2 atom stereocenters. The third kappa shape index (κ3) is 4.20. The molecule has 5 aromatic rings. The van der Waals surface area contributed by atoms with Crippen molar-refractivity contribution in [3.8, 4) is 5.69 Å². The first-order chi connectivity index (χ1) is 18.0. The highest BCUT2D eigenvalue weighted by atomic mass is 19.4. The number of fused-ring (bicyclic) bond motifs is 2. The largest absolute Gasteiger partial charge is 0.481 e. The van der Waals surface area contributed by atoms with Gasteiger partial charge in [-0.3, -0.25) is 4.79 Å². The smallest absolute Gasteiger partial charge is 0.423 e. The monoisotopic (exact) mass is 525 g/mol. The molecule has 0 aliphatic rings. The van der Waals surface area contributed by atoms with Gasteiger partial charge in [-0.2, -0.15) is 18.3 Å². The molecule has 0 saturated carbocycles. The van der Waals surface area contributed by atoms with Crippen LogP contribution in [0.15, 0.2) is 79.1 Å². The second kappa shape index (κ2) is 9.29. The van der Waals surface area contributed by atoms with Gasteiger partial charge in [-0.25, -0.2) is 9.07 Å². The van der Waals surface area contributed by atoms with Gasteiger partial charge in [0.2, 0.25) is 5.60 Å². The van der Waals surface area contributed by atoms with E-state index in [1.165, 1.54) is 64.1 Å². The van der Waals surface area contributed by atoms with Crippen LogP contribution in [0.2, 0.25) is 0 Å². The summed E-state index contributed by atoms with van der Waals surface area (Å²) in [6, 6.07) is 15.9. The van der Waals surface area contributed by atoms with Crippen LogP contribution in [-0.2, 0) is 16.9 Å². The van der Waals surface area contributed by atoms with Gasteiger partial charge in [-0.05, 0) is 60.0 Å². The van der Waals surface area contributed by atoms with Crippen LogP contribution in [0, 0.1) is 5.82 Å². The van der Waals surface area contributed by atoms with E-state index in [2.05, 4.69) is 5.10 Å². The number of aliphatic carboxylic acids is 1. The Hall–Kier alpha value is -4.18. The predicted molar refractivity (Wildman–Crippen MR) is 134 cm³/mol. The molecule has 2 unspecified atom stereocenters. The summed E-state index contributed by atoms with van der Waals surface area (Å²) >= 11 is 0. The van der Waals surface area contributed by atoms with Crippen LogP contribution in [0.5, 0.6) is 0 Å². The van der Waals surface area contributed by atoms with Gasteiger partial charge in [0.1, 0.15) is 5.82 Å². The fourth-order valence-electron chi connectivity index (χ4n) is 4.88. The van der Waals surface area contributed by atoms with Crippen LogP contribution in [0.25, 0.3) is 27.5 Å². The van der Waals surface area contributed by atoms with Crippen LogP contribution in [0.4, 0.5) is 17.6 Å². The molecule has 2 heterocycles. The summed E-state index contributed by atoms with van der Waals surface area (Å²) in [5, 5.41) is 26.0. The summed E-state index contributed by atoms with van der Waals surface area (Å²) in [4.78, 5) is 11.8. The lowest BCUT2D eigenvalue weighted by molar-refractivity contribution is -0.271. The van der Waals surface area contributed by atoms with E-state index >= 15 is 0 Å². The van der Waals surface area contributed by atoms with Gasteiger partial charge in [0.05, 0.1) is 29.9 Å². The van der Waals surface area contributed by atoms with Crippen LogP contribution >= 0.6 is 0 Å². The van der Waals surface area contributed by atoms with Crippen LogP contribution in [0.3, 0.4) is 0 Å². The summed E-state index contributed by atoms with van der Waals surface area (Å²) in [6.45, 7) is 0.808. The number of hydrogen-bond acceptors (Lipinski definition) is 3. The van der Waals surface area contributed by atoms with Crippen molar-refractivity contribution >= 4 is 27.8 Å². The number of aromatic nitrogens is 3. The number of carboxylic acid groups (broad SMARTS) is 1. The zero-order valence-electron chi connectivity index (χ0n) is 20.2. The van der Waals surface area contributed by atoms with Crippen molar-refractivity contribution < 1.29 is 32.6 Å². The normalized spacial score (nSPS) is 14.6. The Balaban J connectivity index is 1.61. The number of halogens is 4. The lowest BCUT2D eigenvalue weighted by Gasteiger charge is -2.32. The van der Waals surface area contributed by atoms with Crippen molar-refractivity contribution in [1.82, 2.24) is 14.3 Å². The molecule has 6 nitrogen and oxygen atoms in total. The highest BCUT2D eigenvalue weighted by molar-refractivity contribution is 5.90. The minimum absolute atomic E-state index is 0.252. The summed E-state index contributed by atoms with van der Waals surface area (Å²) < 4.78 is 59.6. The maximum atomic E-state index is 14.5. The van der Waals surface area contributed by atoms with Crippen molar-refractivity contribution in [1.29, 1.82) is 0 Å². The van der Waals surface area contributed by atoms with Crippen LogP contribution in [-0.4, -0.2) is 36.7 Å². The Morgan fingerprint density at radius 2 is 1.74 bits per heavy atom. The zero-order valence-corrected chi connectivity index (χ0v) is 20.2. The van der Waals surface area contributed by atoms with Crippen molar-refractivity contribution in [3.05, 3.63) is 96.1 Å². The van der Waals surface area contributed by atoms with Gasteiger partial charge in [-0.15, -0.1) is 0 Å². The van der Waals surface area contributed by atoms with Crippen LogP contribution in [0.1, 0.15) is 30.4 Å². The molecule has 38 heavy (non-hydrogen) atoms. The molecule has 3 aromatic carbocycles. The van der Waals surface area contributed by atoms with Gasteiger partial charge in [0, 0.05) is 22.5 Å². The number of carbonyl (C=O) groups is 1. The molecule has 0 saturated heterocycles. The summed E-state index contributed by atoms with van der Waals surface area (Å²) in [5.41, 5.74) is -1.91. The molecule has 0 fully saturated rings. The number of aliphatic hydroxyl groups is 1. The molecule has 0 spiro atoms. The molecule has 10 heteroatoms. The Morgan fingerprint density at radius 1 is 1.03 bits per heavy atom. The van der Waals surface area contributed by atoms with E-state index in [-0.39, 0.29) is 12.0 Å². The SMILES string of the molecule is CCC(C(=O)O)c1cn(CC(O)(c2ccc3c(cnn3-c3ccc(F)cc3)c2)C(F)(F)F)c2ccccc12. The van der Waals surface area contributed by atoms with Crippen molar-refractivity contribution in [2.45, 2.75) is 37.6 Å². The van der Waals surface area contributed by atoms with Gasteiger partial charge in [-0.1, -0.05) is 31.2 Å². The van der Waals surface area contributed by atoms with Crippen LogP contribution < -0.4 is 0 Å². The van der Waals surface area contributed by atoms with Crippen molar-refractivity contribution in [2.24, 2.45) is 0 Å². The molecular formula is C28H23F4N3O3. The van der Waals surface area contributed by atoms with E-state index in [9.17, 15) is 32.6 Å².